The molecule has 1 unspecified atom stereocenters. The van der Waals surface area contributed by atoms with Gasteiger partial charge in [0.2, 0.25) is 0 Å². The van der Waals surface area contributed by atoms with E-state index in [1.807, 2.05) is 0 Å². The van der Waals surface area contributed by atoms with Gasteiger partial charge in [-0.1, -0.05) is 297 Å². The van der Waals surface area contributed by atoms with Gasteiger partial charge in [0, 0.05) is 19.3 Å². The van der Waals surface area contributed by atoms with Crippen molar-refractivity contribution in [3.63, 3.8) is 0 Å². The lowest BCUT2D eigenvalue weighted by molar-refractivity contribution is -0.167. The monoisotopic (exact) mass is 1100 g/mol. The second-order valence-electron chi connectivity index (χ2n) is 22.0. The third-order valence-electron chi connectivity index (χ3n) is 14.3. The Labute approximate surface area is 489 Å². The van der Waals surface area contributed by atoms with Crippen LogP contribution in [0.25, 0.3) is 0 Å². The minimum atomic E-state index is -0.785. The molecule has 0 aromatic rings. The summed E-state index contributed by atoms with van der Waals surface area (Å²) in [6.45, 7) is 6.53. The summed E-state index contributed by atoms with van der Waals surface area (Å²) in [7, 11) is 0. The second kappa shape index (κ2) is 66.6. The predicted octanol–water partition coefficient (Wildman–Crippen LogP) is 23.0. The van der Waals surface area contributed by atoms with Crippen molar-refractivity contribution in [3.05, 3.63) is 109 Å². The molecule has 0 spiro atoms. The van der Waals surface area contributed by atoms with Crippen LogP contribution in [0.5, 0.6) is 0 Å². The molecule has 0 aliphatic rings. The standard InChI is InChI=1S/C73H124O6/c1-4-7-10-13-16-19-22-25-28-29-30-31-32-33-34-35-36-37-38-39-40-41-42-43-44-45-46-49-51-54-57-60-63-66-72(75)78-69-70(79-73(76)67-64-61-58-55-52-48-27-24-21-18-15-12-9-6-3)68-77-71(74)65-62-59-56-53-50-47-26-23-20-17-14-11-8-5-2/h7,10,16,19,24-25,27-28,30-31,33-34,36-37,39-40,42-43,70H,4-6,8-9,11-15,17-18,20-23,26,29,32,35,38,41,44-69H2,1-3H3/b10-7-,19-16-,27-24-,28-25-,31-30-,34-33-,37-36-,40-39-,43-42-. The molecule has 0 bridgehead atoms. The van der Waals surface area contributed by atoms with E-state index in [-0.39, 0.29) is 31.1 Å². The summed E-state index contributed by atoms with van der Waals surface area (Å²) < 4.78 is 16.9. The van der Waals surface area contributed by atoms with Crippen molar-refractivity contribution >= 4 is 17.9 Å². The molecule has 0 aliphatic heterocycles. The van der Waals surface area contributed by atoms with E-state index in [0.29, 0.717) is 19.3 Å². The van der Waals surface area contributed by atoms with Gasteiger partial charge >= 0.3 is 17.9 Å². The summed E-state index contributed by atoms with van der Waals surface area (Å²) in [5.41, 5.74) is 0. The van der Waals surface area contributed by atoms with Gasteiger partial charge in [0.15, 0.2) is 6.10 Å². The summed E-state index contributed by atoms with van der Waals surface area (Å²) in [5, 5.41) is 0. The minimum absolute atomic E-state index is 0.0807. The number of hydrogen-bond acceptors (Lipinski definition) is 6. The Balaban J connectivity index is 4.26. The maximum absolute atomic E-state index is 12.9. The van der Waals surface area contributed by atoms with Crippen LogP contribution in [0, 0.1) is 0 Å². The zero-order valence-corrected chi connectivity index (χ0v) is 51.9. The Morgan fingerprint density at radius 2 is 0.494 bits per heavy atom. The van der Waals surface area contributed by atoms with Crippen LogP contribution >= 0.6 is 0 Å². The van der Waals surface area contributed by atoms with Crippen LogP contribution in [-0.4, -0.2) is 37.2 Å². The highest BCUT2D eigenvalue weighted by Crippen LogP contribution is 2.16. The molecule has 6 heteroatoms. The van der Waals surface area contributed by atoms with Crippen LogP contribution in [0.2, 0.25) is 0 Å². The van der Waals surface area contributed by atoms with Gasteiger partial charge in [0.05, 0.1) is 0 Å². The summed E-state index contributed by atoms with van der Waals surface area (Å²) in [4.78, 5) is 38.3. The molecule has 0 N–H and O–H groups in total. The molecular weight excluding hydrogens is 973 g/mol. The van der Waals surface area contributed by atoms with Gasteiger partial charge in [-0.2, -0.15) is 0 Å². The zero-order chi connectivity index (χ0) is 57.1. The van der Waals surface area contributed by atoms with E-state index in [0.717, 1.165) is 128 Å². The van der Waals surface area contributed by atoms with Crippen LogP contribution in [-0.2, 0) is 28.6 Å². The molecule has 0 rings (SSSR count). The number of carbonyl (C=O) groups is 3. The van der Waals surface area contributed by atoms with Crippen LogP contribution in [0.4, 0.5) is 0 Å². The second-order valence-corrected chi connectivity index (χ2v) is 22.0. The van der Waals surface area contributed by atoms with Crippen molar-refractivity contribution in [1.82, 2.24) is 0 Å². The maximum Gasteiger partial charge on any atom is 0.306 e. The highest BCUT2D eigenvalue weighted by atomic mass is 16.6. The third kappa shape index (κ3) is 64.8. The number of rotatable bonds is 60. The van der Waals surface area contributed by atoms with Gasteiger partial charge in [0.25, 0.3) is 0 Å². The van der Waals surface area contributed by atoms with E-state index in [4.69, 9.17) is 14.2 Å². The highest BCUT2D eigenvalue weighted by Gasteiger charge is 2.19. The fourth-order valence-electron chi connectivity index (χ4n) is 9.28. The van der Waals surface area contributed by atoms with E-state index in [1.165, 1.54) is 148 Å². The van der Waals surface area contributed by atoms with Crippen molar-refractivity contribution in [2.24, 2.45) is 0 Å². The first-order valence-corrected chi connectivity index (χ1v) is 33.4. The molecule has 0 saturated carbocycles. The van der Waals surface area contributed by atoms with Crippen LogP contribution < -0.4 is 0 Å². The SMILES string of the molecule is CC/C=C\C/C=C\C/C=C\C/C=C\C/C=C\C/C=C\C/C=C\C/C=C\CCCCCCCCCCC(=O)OCC(COC(=O)CCCCCCCCCCCCCCCC)OC(=O)CCCCCCC/C=C\CCCCCCC. The van der Waals surface area contributed by atoms with Crippen LogP contribution in [0.15, 0.2) is 109 Å². The first-order chi connectivity index (χ1) is 39.0. The Morgan fingerprint density at radius 1 is 0.266 bits per heavy atom. The molecule has 0 aromatic heterocycles. The third-order valence-corrected chi connectivity index (χ3v) is 14.3. The molecule has 79 heavy (non-hydrogen) atoms. The molecule has 0 aliphatic carbocycles. The highest BCUT2D eigenvalue weighted by molar-refractivity contribution is 5.71. The lowest BCUT2D eigenvalue weighted by Crippen LogP contribution is -2.30. The van der Waals surface area contributed by atoms with Crippen LogP contribution in [0.1, 0.15) is 316 Å². The number of allylic oxidation sites excluding steroid dienone is 18. The largest absolute Gasteiger partial charge is 0.462 e. The Kier molecular flexibility index (Phi) is 63.3. The predicted molar refractivity (Wildman–Crippen MR) is 343 cm³/mol. The van der Waals surface area contributed by atoms with Crippen molar-refractivity contribution in [2.45, 2.75) is 322 Å². The number of esters is 3. The fraction of sp³-hybridized carbons (Fsp3) is 0.712. The Bertz CT molecular complexity index is 1590. The molecule has 0 heterocycles. The van der Waals surface area contributed by atoms with E-state index in [9.17, 15) is 14.4 Å². The number of carbonyl (C=O) groups excluding carboxylic acids is 3. The minimum Gasteiger partial charge on any atom is -0.462 e. The van der Waals surface area contributed by atoms with Crippen molar-refractivity contribution < 1.29 is 28.6 Å². The summed E-state index contributed by atoms with van der Waals surface area (Å²) in [5.74, 6) is -0.888. The lowest BCUT2D eigenvalue weighted by Gasteiger charge is -2.18. The molecular formula is C73H124O6. The summed E-state index contributed by atoms with van der Waals surface area (Å²) in [6, 6.07) is 0. The first-order valence-electron chi connectivity index (χ1n) is 33.4. The maximum atomic E-state index is 12.9. The van der Waals surface area contributed by atoms with E-state index in [2.05, 4.69) is 130 Å². The number of hydrogen-bond donors (Lipinski definition) is 0. The Morgan fingerprint density at radius 3 is 0.785 bits per heavy atom. The van der Waals surface area contributed by atoms with Gasteiger partial charge < -0.3 is 14.2 Å². The fourth-order valence-corrected chi connectivity index (χ4v) is 9.28. The average Bonchev–Trinajstić information content (AvgIpc) is 3.45. The summed E-state index contributed by atoms with van der Waals surface area (Å²) in [6.07, 6.45) is 91.0. The molecule has 1 atom stereocenters. The molecule has 6 nitrogen and oxygen atoms in total. The molecule has 0 saturated heterocycles. The number of ether oxygens (including phenoxy) is 3. The van der Waals surface area contributed by atoms with Gasteiger partial charge in [-0.3, -0.25) is 14.4 Å². The molecule has 0 fully saturated rings. The lowest BCUT2D eigenvalue weighted by atomic mass is 10.0. The quantitative estimate of drug-likeness (QED) is 0.0261. The Hall–Kier alpha value is -3.93. The smallest absolute Gasteiger partial charge is 0.306 e. The van der Waals surface area contributed by atoms with E-state index >= 15 is 0 Å². The number of unbranched alkanes of at least 4 members (excludes halogenated alkanes) is 31. The summed E-state index contributed by atoms with van der Waals surface area (Å²) >= 11 is 0. The van der Waals surface area contributed by atoms with Gasteiger partial charge in [-0.15, -0.1) is 0 Å². The van der Waals surface area contributed by atoms with E-state index in [1.54, 1.807) is 0 Å². The normalized spacial score (nSPS) is 12.8. The van der Waals surface area contributed by atoms with Gasteiger partial charge in [-0.25, -0.2) is 0 Å². The van der Waals surface area contributed by atoms with Gasteiger partial charge in [0.1, 0.15) is 13.2 Å². The topological polar surface area (TPSA) is 78.9 Å². The first kappa shape index (κ1) is 75.1. The molecule has 452 valence electrons. The van der Waals surface area contributed by atoms with Crippen molar-refractivity contribution in [3.8, 4) is 0 Å². The average molecular weight is 1100 g/mol. The molecule has 0 radical (unpaired) electrons. The van der Waals surface area contributed by atoms with Crippen molar-refractivity contribution in [1.29, 1.82) is 0 Å². The molecule has 0 amide bonds. The van der Waals surface area contributed by atoms with Crippen molar-refractivity contribution in [2.75, 3.05) is 13.2 Å². The molecule has 0 aromatic carbocycles. The van der Waals surface area contributed by atoms with E-state index < -0.39 is 6.10 Å². The van der Waals surface area contributed by atoms with Gasteiger partial charge in [-0.05, 0) is 109 Å². The van der Waals surface area contributed by atoms with Crippen LogP contribution in [0.3, 0.4) is 0 Å². The zero-order valence-electron chi connectivity index (χ0n) is 51.9.